The third-order valence-corrected chi connectivity index (χ3v) is 1.78. The lowest BCUT2D eigenvalue weighted by molar-refractivity contribution is -0.148. The van der Waals surface area contributed by atoms with E-state index in [1.54, 1.807) is 6.92 Å². The fraction of sp³-hybridized carbons (Fsp3) is 0.727. The first-order chi connectivity index (χ1) is 7.20. The summed E-state index contributed by atoms with van der Waals surface area (Å²) in [6.07, 6.45) is 2.80. The molecule has 0 bridgehead atoms. The van der Waals surface area contributed by atoms with Gasteiger partial charge in [0, 0.05) is 12.6 Å². The van der Waals surface area contributed by atoms with Crippen molar-refractivity contribution in [2.75, 3.05) is 26.4 Å². The van der Waals surface area contributed by atoms with Crippen molar-refractivity contribution in [3.63, 3.8) is 0 Å². The first-order valence-corrected chi connectivity index (χ1v) is 5.28. The second-order valence-electron chi connectivity index (χ2n) is 3.24. The predicted octanol–water partition coefficient (Wildman–Crippen LogP) is 1.12. The Morgan fingerprint density at radius 3 is 2.93 bits per heavy atom. The Labute approximate surface area is 91.6 Å². The zero-order valence-electron chi connectivity index (χ0n) is 9.62. The molecule has 0 saturated heterocycles. The molecular formula is C11H21NO3. The number of carbonyl (C=O) groups excluding carboxylic acids is 1. The van der Waals surface area contributed by atoms with E-state index in [4.69, 9.17) is 9.47 Å². The van der Waals surface area contributed by atoms with Gasteiger partial charge in [-0.3, -0.25) is 0 Å². The Hall–Kier alpha value is -0.870. The molecule has 0 aliphatic carbocycles. The van der Waals surface area contributed by atoms with Crippen molar-refractivity contribution < 1.29 is 14.3 Å². The average molecular weight is 215 g/mol. The summed E-state index contributed by atoms with van der Waals surface area (Å²) in [6.45, 7) is 9.18. The normalized spacial score (nSPS) is 12.1. The largest absolute Gasteiger partial charge is 0.464 e. The van der Waals surface area contributed by atoms with E-state index < -0.39 is 0 Å². The summed E-state index contributed by atoms with van der Waals surface area (Å²) in [4.78, 5) is 10.9. The van der Waals surface area contributed by atoms with Gasteiger partial charge in [-0.25, -0.2) is 4.79 Å². The molecular weight excluding hydrogens is 194 g/mol. The highest BCUT2D eigenvalue weighted by molar-refractivity contribution is 5.70. The minimum absolute atomic E-state index is 0.0331. The zero-order chi connectivity index (χ0) is 11.5. The molecule has 0 spiro atoms. The summed E-state index contributed by atoms with van der Waals surface area (Å²) in [5.41, 5.74) is 0. The lowest BCUT2D eigenvalue weighted by Crippen LogP contribution is -2.29. The Morgan fingerprint density at radius 2 is 2.33 bits per heavy atom. The third-order valence-electron chi connectivity index (χ3n) is 1.78. The molecule has 0 saturated carbocycles. The van der Waals surface area contributed by atoms with Crippen LogP contribution in [-0.2, 0) is 14.3 Å². The van der Waals surface area contributed by atoms with Crippen molar-refractivity contribution in [2.24, 2.45) is 0 Å². The van der Waals surface area contributed by atoms with E-state index in [2.05, 4.69) is 18.8 Å². The monoisotopic (exact) mass is 215 g/mol. The molecule has 0 aliphatic rings. The van der Waals surface area contributed by atoms with Crippen molar-refractivity contribution >= 4 is 5.97 Å². The fourth-order valence-corrected chi connectivity index (χ4v) is 1.07. The summed E-state index contributed by atoms with van der Waals surface area (Å²) in [5.74, 6) is -0.309. The lowest BCUT2D eigenvalue weighted by atomic mass is 10.2. The molecule has 0 rings (SSSR count). The van der Waals surface area contributed by atoms with Gasteiger partial charge in [0.15, 0.2) is 0 Å². The van der Waals surface area contributed by atoms with E-state index in [0.29, 0.717) is 19.3 Å². The summed E-state index contributed by atoms with van der Waals surface area (Å²) in [7, 11) is 0. The SMILES string of the molecule is C=CCC(C)NCCOCC(=O)OCC. The van der Waals surface area contributed by atoms with Crippen LogP contribution in [0.4, 0.5) is 0 Å². The summed E-state index contributed by atoms with van der Waals surface area (Å²) >= 11 is 0. The van der Waals surface area contributed by atoms with Crippen molar-refractivity contribution in [1.82, 2.24) is 5.32 Å². The van der Waals surface area contributed by atoms with Crippen molar-refractivity contribution in [2.45, 2.75) is 26.3 Å². The van der Waals surface area contributed by atoms with Gasteiger partial charge in [-0.05, 0) is 20.3 Å². The predicted molar refractivity (Wildman–Crippen MR) is 59.7 cm³/mol. The van der Waals surface area contributed by atoms with E-state index >= 15 is 0 Å². The fourth-order valence-electron chi connectivity index (χ4n) is 1.07. The van der Waals surface area contributed by atoms with Crippen LogP contribution in [0, 0.1) is 0 Å². The molecule has 4 nitrogen and oxygen atoms in total. The highest BCUT2D eigenvalue weighted by Gasteiger charge is 2.01. The number of hydrogen-bond donors (Lipinski definition) is 1. The van der Waals surface area contributed by atoms with Gasteiger partial charge in [-0.2, -0.15) is 0 Å². The van der Waals surface area contributed by atoms with Crippen molar-refractivity contribution in [1.29, 1.82) is 0 Å². The number of carbonyl (C=O) groups is 1. The van der Waals surface area contributed by atoms with Crippen LogP contribution in [0.25, 0.3) is 0 Å². The maximum absolute atomic E-state index is 10.9. The molecule has 0 aromatic carbocycles. The Kier molecular flexibility index (Phi) is 9.11. The van der Waals surface area contributed by atoms with Gasteiger partial charge in [0.05, 0.1) is 13.2 Å². The van der Waals surface area contributed by atoms with E-state index in [1.807, 2.05) is 6.08 Å². The van der Waals surface area contributed by atoms with Gasteiger partial charge >= 0.3 is 5.97 Å². The lowest BCUT2D eigenvalue weighted by Gasteiger charge is -2.11. The molecule has 1 N–H and O–H groups in total. The summed E-state index contributed by atoms with van der Waals surface area (Å²) < 4.78 is 9.82. The van der Waals surface area contributed by atoms with Crippen LogP contribution >= 0.6 is 0 Å². The number of nitrogens with one attached hydrogen (secondary N) is 1. The quantitative estimate of drug-likeness (QED) is 0.356. The molecule has 0 amide bonds. The topological polar surface area (TPSA) is 47.6 Å². The number of rotatable bonds is 9. The maximum atomic E-state index is 10.9. The van der Waals surface area contributed by atoms with Crippen LogP contribution in [0.1, 0.15) is 20.3 Å². The molecule has 0 heterocycles. The zero-order valence-corrected chi connectivity index (χ0v) is 9.62. The molecule has 0 aromatic rings. The molecule has 15 heavy (non-hydrogen) atoms. The van der Waals surface area contributed by atoms with Gasteiger partial charge in [-0.1, -0.05) is 6.08 Å². The number of hydrogen-bond acceptors (Lipinski definition) is 4. The maximum Gasteiger partial charge on any atom is 0.332 e. The van der Waals surface area contributed by atoms with Crippen LogP contribution in [0.15, 0.2) is 12.7 Å². The number of ether oxygens (including phenoxy) is 2. The minimum Gasteiger partial charge on any atom is -0.464 e. The van der Waals surface area contributed by atoms with Crippen LogP contribution < -0.4 is 5.32 Å². The van der Waals surface area contributed by atoms with Gasteiger partial charge in [-0.15, -0.1) is 6.58 Å². The van der Waals surface area contributed by atoms with Crippen LogP contribution in [0.3, 0.4) is 0 Å². The van der Waals surface area contributed by atoms with E-state index in [0.717, 1.165) is 13.0 Å². The average Bonchev–Trinajstić information content (AvgIpc) is 2.18. The standard InChI is InChI=1S/C11H21NO3/c1-4-6-10(3)12-7-8-14-9-11(13)15-5-2/h4,10,12H,1,5-9H2,2-3H3. The van der Waals surface area contributed by atoms with E-state index in [-0.39, 0.29) is 12.6 Å². The molecule has 0 aromatic heterocycles. The summed E-state index contributed by atoms with van der Waals surface area (Å²) in [6, 6.07) is 0.397. The van der Waals surface area contributed by atoms with Crippen molar-refractivity contribution in [3.8, 4) is 0 Å². The molecule has 0 fully saturated rings. The van der Waals surface area contributed by atoms with Gasteiger partial charge in [0.25, 0.3) is 0 Å². The molecule has 88 valence electrons. The summed E-state index contributed by atoms with van der Waals surface area (Å²) in [5, 5.41) is 3.24. The third kappa shape index (κ3) is 9.43. The van der Waals surface area contributed by atoms with Gasteiger partial charge in [0.2, 0.25) is 0 Å². The Balaban J connectivity index is 3.24. The molecule has 0 aliphatic heterocycles. The van der Waals surface area contributed by atoms with Gasteiger partial charge < -0.3 is 14.8 Å². The number of esters is 1. The Bertz CT molecular complexity index is 183. The first-order valence-electron chi connectivity index (χ1n) is 5.28. The van der Waals surface area contributed by atoms with Crippen LogP contribution in [-0.4, -0.2) is 38.4 Å². The van der Waals surface area contributed by atoms with E-state index in [9.17, 15) is 4.79 Å². The van der Waals surface area contributed by atoms with E-state index in [1.165, 1.54) is 0 Å². The molecule has 1 atom stereocenters. The van der Waals surface area contributed by atoms with Gasteiger partial charge in [0.1, 0.15) is 6.61 Å². The second-order valence-corrected chi connectivity index (χ2v) is 3.24. The first kappa shape index (κ1) is 14.1. The molecule has 1 unspecified atom stereocenters. The van der Waals surface area contributed by atoms with Crippen LogP contribution in [0.5, 0.6) is 0 Å². The molecule has 4 heteroatoms. The molecule has 0 radical (unpaired) electrons. The Morgan fingerprint density at radius 1 is 1.60 bits per heavy atom. The highest BCUT2D eigenvalue weighted by Crippen LogP contribution is 1.89. The van der Waals surface area contributed by atoms with Crippen molar-refractivity contribution in [3.05, 3.63) is 12.7 Å². The second kappa shape index (κ2) is 9.68. The van der Waals surface area contributed by atoms with Crippen LogP contribution in [0.2, 0.25) is 0 Å². The highest BCUT2D eigenvalue weighted by atomic mass is 16.6. The minimum atomic E-state index is -0.309. The smallest absolute Gasteiger partial charge is 0.332 e.